The van der Waals surface area contributed by atoms with E-state index in [9.17, 15) is 4.79 Å². The average Bonchev–Trinajstić information content (AvgIpc) is 2.38. The first-order chi connectivity index (χ1) is 9.04. The number of anilines is 1. The maximum atomic E-state index is 11.8. The van der Waals surface area contributed by atoms with Crippen LogP contribution in [0.25, 0.3) is 0 Å². The number of ether oxygens (including phenoxy) is 3. The molecular weight excluding hydrogens is 246 g/mol. The van der Waals surface area contributed by atoms with Gasteiger partial charge in [0.05, 0.1) is 19.3 Å². The number of carbonyl (C=O) groups excluding carboxylic acids is 1. The Kier molecular flexibility index (Phi) is 6.15. The number of esters is 1. The topological polar surface area (TPSA) is 70.8 Å². The Hall–Kier alpha value is -1.75. The highest BCUT2D eigenvalue weighted by molar-refractivity contribution is 5.95. The monoisotopic (exact) mass is 267 g/mol. The lowest BCUT2D eigenvalue weighted by Crippen LogP contribution is -2.14. The Labute approximate surface area is 113 Å². The number of nitrogen functional groups attached to an aromatic ring is 1. The summed E-state index contributed by atoms with van der Waals surface area (Å²) in [6.45, 7) is 5.36. The summed E-state index contributed by atoms with van der Waals surface area (Å²) in [5.74, 6) is 0.562. The SMILES string of the molecule is COc1ccc(N)c(C(=O)OCCOCC(C)C)c1. The third-order valence-electron chi connectivity index (χ3n) is 2.39. The van der Waals surface area contributed by atoms with Gasteiger partial charge in [-0.3, -0.25) is 0 Å². The second kappa shape index (κ2) is 7.63. The molecule has 0 aliphatic heterocycles. The minimum absolute atomic E-state index is 0.211. The van der Waals surface area contributed by atoms with Crippen LogP contribution in [0.4, 0.5) is 5.69 Å². The highest BCUT2D eigenvalue weighted by Crippen LogP contribution is 2.20. The molecule has 0 spiro atoms. The normalized spacial score (nSPS) is 10.5. The van der Waals surface area contributed by atoms with Crippen LogP contribution in [0.1, 0.15) is 24.2 Å². The molecule has 5 nitrogen and oxygen atoms in total. The number of carbonyl (C=O) groups is 1. The number of nitrogens with two attached hydrogens (primary N) is 1. The highest BCUT2D eigenvalue weighted by atomic mass is 16.6. The van der Waals surface area contributed by atoms with Crippen molar-refractivity contribution >= 4 is 11.7 Å². The molecule has 1 aromatic carbocycles. The van der Waals surface area contributed by atoms with Gasteiger partial charge in [-0.2, -0.15) is 0 Å². The fourth-order valence-corrected chi connectivity index (χ4v) is 1.43. The van der Waals surface area contributed by atoms with E-state index >= 15 is 0 Å². The molecule has 1 rings (SSSR count). The van der Waals surface area contributed by atoms with E-state index in [1.807, 2.05) is 0 Å². The molecule has 0 radical (unpaired) electrons. The van der Waals surface area contributed by atoms with Crippen LogP contribution in [-0.2, 0) is 9.47 Å². The van der Waals surface area contributed by atoms with Crippen molar-refractivity contribution in [2.45, 2.75) is 13.8 Å². The first-order valence-electron chi connectivity index (χ1n) is 6.23. The van der Waals surface area contributed by atoms with Crippen LogP contribution in [0.2, 0.25) is 0 Å². The van der Waals surface area contributed by atoms with Crippen molar-refractivity contribution in [2.24, 2.45) is 5.92 Å². The zero-order chi connectivity index (χ0) is 14.3. The lowest BCUT2D eigenvalue weighted by atomic mass is 10.2. The Balaban J connectivity index is 2.45. The van der Waals surface area contributed by atoms with Crippen LogP contribution in [0.3, 0.4) is 0 Å². The van der Waals surface area contributed by atoms with Gasteiger partial charge in [-0.05, 0) is 24.1 Å². The molecule has 5 heteroatoms. The fraction of sp³-hybridized carbons (Fsp3) is 0.500. The van der Waals surface area contributed by atoms with Crippen molar-refractivity contribution in [2.75, 3.05) is 32.7 Å². The zero-order valence-corrected chi connectivity index (χ0v) is 11.6. The standard InChI is InChI=1S/C14H21NO4/c1-10(2)9-18-6-7-19-14(16)12-8-11(17-3)4-5-13(12)15/h4-5,8,10H,6-7,9,15H2,1-3H3. The largest absolute Gasteiger partial charge is 0.497 e. The molecule has 0 saturated heterocycles. The molecule has 106 valence electrons. The Bertz CT molecular complexity index is 418. The van der Waals surface area contributed by atoms with Crippen LogP contribution in [-0.4, -0.2) is 32.9 Å². The van der Waals surface area contributed by atoms with E-state index < -0.39 is 5.97 Å². The summed E-state index contributed by atoms with van der Waals surface area (Å²) >= 11 is 0. The molecule has 0 fully saturated rings. The number of hydrogen-bond acceptors (Lipinski definition) is 5. The van der Waals surface area contributed by atoms with Crippen molar-refractivity contribution in [1.29, 1.82) is 0 Å². The third kappa shape index (κ3) is 5.18. The van der Waals surface area contributed by atoms with Gasteiger partial charge in [-0.1, -0.05) is 13.8 Å². The molecule has 0 bridgehead atoms. The first kappa shape index (κ1) is 15.3. The van der Waals surface area contributed by atoms with Crippen molar-refractivity contribution < 1.29 is 19.0 Å². The summed E-state index contributed by atoms with van der Waals surface area (Å²) in [7, 11) is 1.53. The third-order valence-corrected chi connectivity index (χ3v) is 2.39. The predicted octanol–water partition coefficient (Wildman–Crippen LogP) is 2.11. The molecule has 1 aromatic rings. The van der Waals surface area contributed by atoms with E-state index in [0.29, 0.717) is 36.1 Å². The second-order valence-electron chi connectivity index (χ2n) is 4.56. The van der Waals surface area contributed by atoms with Crippen LogP contribution in [0.15, 0.2) is 18.2 Å². The number of methoxy groups -OCH3 is 1. The van der Waals surface area contributed by atoms with Gasteiger partial charge in [0.1, 0.15) is 12.4 Å². The first-order valence-corrected chi connectivity index (χ1v) is 6.23. The zero-order valence-electron chi connectivity index (χ0n) is 11.6. The van der Waals surface area contributed by atoms with Crippen molar-refractivity contribution in [3.05, 3.63) is 23.8 Å². The molecule has 0 aliphatic carbocycles. The van der Waals surface area contributed by atoms with Crippen molar-refractivity contribution in [3.8, 4) is 5.75 Å². The molecule has 0 saturated carbocycles. The quantitative estimate of drug-likeness (QED) is 0.465. The van der Waals surface area contributed by atoms with Crippen LogP contribution in [0, 0.1) is 5.92 Å². The Morgan fingerprint density at radius 3 is 2.68 bits per heavy atom. The minimum atomic E-state index is -0.468. The van der Waals surface area contributed by atoms with E-state index in [-0.39, 0.29) is 6.61 Å². The smallest absolute Gasteiger partial charge is 0.340 e. The van der Waals surface area contributed by atoms with Crippen LogP contribution >= 0.6 is 0 Å². The van der Waals surface area contributed by atoms with Crippen molar-refractivity contribution in [1.82, 2.24) is 0 Å². The second-order valence-corrected chi connectivity index (χ2v) is 4.56. The summed E-state index contributed by atoms with van der Waals surface area (Å²) in [4.78, 5) is 11.8. The van der Waals surface area contributed by atoms with E-state index in [1.165, 1.54) is 7.11 Å². The van der Waals surface area contributed by atoms with Crippen LogP contribution < -0.4 is 10.5 Å². The molecule has 0 amide bonds. The summed E-state index contributed by atoms with van der Waals surface area (Å²) in [5, 5.41) is 0. The number of benzene rings is 1. The fourth-order valence-electron chi connectivity index (χ4n) is 1.43. The summed E-state index contributed by atoms with van der Waals surface area (Å²) in [5.41, 5.74) is 6.41. The Morgan fingerprint density at radius 2 is 2.05 bits per heavy atom. The number of rotatable bonds is 7. The summed E-state index contributed by atoms with van der Waals surface area (Å²) < 4.78 is 15.5. The van der Waals surface area contributed by atoms with Gasteiger partial charge in [-0.25, -0.2) is 4.79 Å². The van der Waals surface area contributed by atoms with Gasteiger partial charge >= 0.3 is 5.97 Å². The van der Waals surface area contributed by atoms with Gasteiger partial charge in [0.15, 0.2) is 0 Å². The summed E-state index contributed by atoms with van der Waals surface area (Å²) in [6, 6.07) is 4.87. The average molecular weight is 267 g/mol. The van der Waals surface area contributed by atoms with E-state index in [1.54, 1.807) is 18.2 Å². The van der Waals surface area contributed by atoms with E-state index in [4.69, 9.17) is 19.9 Å². The van der Waals surface area contributed by atoms with Gasteiger partial charge in [0.2, 0.25) is 0 Å². The molecule has 0 atom stereocenters. The van der Waals surface area contributed by atoms with Gasteiger partial charge in [0, 0.05) is 12.3 Å². The lowest BCUT2D eigenvalue weighted by molar-refractivity contribution is 0.0278. The molecule has 19 heavy (non-hydrogen) atoms. The molecular formula is C14H21NO4. The predicted molar refractivity (Wildman–Crippen MR) is 73.3 cm³/mol. The molecule has 0 aromatic heterocycles. The molecule has 0 unspecified atom stereocenters. The molecule has 0 heterocycles. The van der Waals surface area contributed by atoms with Gasteiger partial charge in [0.25, 0.3) is 0 Å². The summed E-state index contributed by atoms with van der Waals surface area (Å²) in [6.07, 6.45) is 0. The lowest BCUT2D eigenvalue weighted by Gasteiger charge is -2.09. The van der Waals surface area contributed by atoms with Crippen LogP contribution in [0.5, 0.6) is 5.75 Å². The van der Waals surface area contributed by atoms with E-state index in [2.05, 4.69) is 13.8 Å². The maximum Gasteiger partial charge on any atom is 0.340 e. The van der Waals surface area contributed by atoms with Gasteiger partial charge < -0.3 is 19.9 Å². The number of hydrogen-bond donors (Lipinski definition) is 1. The van der Waals surface area contributed by atoms with Gasteiger partial charge in [-0.15, -0.1) is 0 Å². The maximum absolute atomic E-state index is 11.8. The Morgan fingerprint density at radius 1 is 1.32 bits per heavy atom. The van der Waals surface area contributed by atoms with Crippen molar-refractivity contribution in [3.63, 3.8) is 0 Å². The molecule has 2 N–H and O–H groups in total. The highest BCUT2D eigenvalue weighted by Gasteiger charge is 2.12. The minimum Gasteiger partial charge on any atom is -0.497 e. The molecule has 0 aliphatic rings. The van der Waals surface area contributed by atoms with E-state index in [0.717, 1.165) is 0 Å².